The Bertz CT molecular complexity index is 391. The molecule has 0 aromatic heterocycles. The number of nitrogens with zero attached hydrogens (tertiary/aromatic N) is 1. The number of likely N-dealkylation sites (tertiary alicyclic amines) is 1. The molecule has 118 valence electrons. The Kier molecular flexibility index (Phi) is 6.25. The first kappa shape index (κ1) is 16.5. The molecule has 0 unspecified atom stereocenters. The maximum atomic E-state index is 5.80. The third-order valence-corrected chi connectivity index (χ3v) is 4.95. The van der Waals surface area contributed by atoms with Crippen LogP contribution in [0.1, 0.15) is 45.1 Å². The molecule has 1 fully saturated rings. The Morgan fingerprint density at radius 3 is 2.43 bits per heavy atom. The van der Waals surface area contributed by atoms with Gasteiger partial charge >= 0.3 is 0 Å². The zero-order valence-corrected chi connectivity index (χ0v) is 13.9. The second kappa shape index (κ2) is 7.95. The van der Waals surface area contributed by atoms with Crippen LogP contribution in [0.25, 0.3) is 0 Å². The predicted octanol–water partition coefficient (Wildman–Crippen LogP) is 3.71. The molecule has 2 heteroatoms. The standard InChI is InChI=1S/C19H32N2/c1-19(2,16-20)11-6-12-21-13-9-18(10-14-21)15-17-7-4-3-5-8-17/h3-5,7-8,18H,6,9-16,20H2,1-2H3. The first-order valence-corrected chi connectivity index (χ1v) is 8.55. The Balaban J connectivity index is 1.64. The summed E-state index contributed by atoms with van der Waals surface area (Å²) in [5.41, 5.74) is 7.62. The SMILES string of the molecule is CC(C)(CN)CCCN1CCC(Cc2ccccc2)CC1. The largest absolute Gasteiger partial charge is 0.330 e. The quantitative estimate of drug-likeness (QED) is 0.829. The minimum atomic E-state index is 0.311. The monoisotopic (exact) mass is 288 g/mol. The van der Waals surface area contributed by atoms with E-state index in [9.17, 15) is 0 Å². The number of rotatable bonds is 7. The molecule has 0 radical (unpaired) electrons. The van der Waals surface area contributed by atoms with Gasteiger partial charge in [-0.25, -0.2) is 0 Å². The van der Waals surface area contributed by atoms with Gasteiger partial charge in [0.2, 0.25) is 0 Å². The second-order valence-corrected chi connectivity index (χ2v) is 7.45. The van der Waals surface area contributed by atoms with Crippen molar-refractivity contribution >= 4 is 0 Å². The summed E-state index contributed by atoms with van der Waals surface area (Å²) in [6.07, 6.45) is 6.50. The van der Waals surface area contributed by atoms with Crippen molar-refractivity contribution in [1.82, 2.24) is 4.90 Å². The van der Waals surface area contributed by atoms with E-state index in [1.165, 1.54) is 57.3 Å². The lowest BCUT2D eigenvalue weighted by Gasteiger charge is -2.33. The molecule has 0 spiro atoms. The molecule has 1 aliphatic heterocycles. The Morgan fingerprint density at radius 1 is 1.14 bits per heavy atom. The van der Waals surface area contributed by atoms with Crippen molar-refractivity contribution in [2.75, 3.05) is 26.2 Å². The van der Waals surface area contributed by atoms with E-state index in [0.29, 0.717) is 5.41 Å². The lowest BCUT2D eigenvalue weighted by molar-refractivity contribution is 0.173. The average molecular weight is 288 g/mol. The van der Waals surface area contributed by atoms with Gasteiger partial charge in [0.25, 0.3) is 0 Å². The fraction of sp³-hybridized carbons (Fsp3) is 0.684. The summed E-state index contributed by atoms with van der Waals surface area (Å²) in [6.45, 7) is 9.16. The molecular formula is C19H32N2. The number of benzene rings is 1. The highest BCUT2D eigenvalue weighted by atomic mass is 15.1. The molecule has 2 N–H and O–H groups in total. The Labute approximate surface area is 130 Å². The summed E-state index contributed by atoms with van der Waals surface area (Å²) >= 11 is 0. The van der Waals surface area contributed by atoms with Gasteiger partial charge in [0.05, 0.1) is 0 Å². The fourth-order valence-electron chi connectivity index (χ4n) is 3.24. The van der Waals surface area contributed by atoms with E-state index in [1.807, 2.05) is 0 Å². The number of hydrogen-bond acceptors (Lipinski definition) is 2. The second-order valence-electron chi connectivity index (χ2n) is 7.45. The van der Waals surface area contributed by atoms with Crippen LogP contribution in [0.3, 0.4) is 0 Å². The molecule has 1 aromatic rings. The van der Waals surface area contributed by atoms with Gasteiger partial charge in [-0.05, 0) is 75.2 Å². The summed E-state index contributed by atoms with van der Waals surface area (Å²) < 4.78 is 0. The molecule has 0 saturated carbocycles. The van der Waals surface area contributed by atoms with Crippen molar-refractivity contribution in [1.29, 1.82) is 0 Å². The topological polar surface area (TPSA) is 29.3 Å². The summed E-state index contributed by atoms with van der Waals surface area (Å²) in [5.74, 6) is 0.879. The number of hydrogen-bond donors (Lipinski definition) is 1. The number of nitrogens with two attached hydrogens (primary N) is 1. The third kappa shape index (κ3) is 5.80. The lowest BCUT2D eigenvalue weighted by atomic mass is 9.87. The van der Waals surface area contributed by atoms with Gasteiger partial charge in [0, 0.05) is 0 Å². The summed E-state index contributed by atoms with van der Waals surface area (Å²) in [6, 6.07) is 10.9. The predicted molar refractivity (Wildman–Crippen MR) is 91.4 cm³/mol. The van der Waals surface area contributed by atoms with Crippen molar-refractivity contribution in [3.05, 3.63) is 35.9 Å². The maximum absolute atomic E-state index is 5.80. The molecule has 1 saturated heterocycles. The van der Waals surface area contributed by atoms with Crippen LogP contribution >= 0.6 is 0 Å². The van der Waals surface area contributed by atoms with Crippen LogP contribution in [0.15, 0.2) is 30.3 Å². The summed E-state index contributed by atoms with van der Waals surface area (Å²) in [7, 11) is 0. The average Bonchev–Trinajstić information content (AvgIpc) is 2.50. The first-order valence-electron chi connectivity index (χ1n) is 8.55. The van der Waals surface area contributed by atoms with E-state index < -0.39 is 0 Å². The van der Waals surface area contributed by atoms with Gasteiger partial charge in [-0.2, -0.15) is 0 Å². The molecule has 0 aliphatic carbocycles. The van der Waals surface area contributed by atoms with Crippen LogP contribution in [0.4, 0.5) is 0 Å². The first-order chi connectivity index (χ1) is 10.1. The van der Waals surface area contributed by atoms with E-state index in [2.05, 4.69) is 49.1 Å². The van der Waals surface area contributed by atoms with E-state index in [1.54, 1.807) is 0 Å². The van der Waals surface area contributed by atoms with Crippen LogP contribution in [0.5, 0.6) is 0 Å². The maximum Gasteiger partial charge on any atom is -0.00160 e. The minimum absolute atomic E-state index is 0.311. The van der Waals surface area contributed by atoms with Crippen molar-refractivity contribution < 1.29 is 0 Å². The highest BCUT2D eigenvalue weighted by Gasteiger charge is 2.20. The number of piperidine rings is 1. The summed E-state index contributed by atoms with van der Waals surface area (Å²) in [4.78, 5) is 2.65. The molecule has 1 heterocycles. The third-order valence-electron chi connectivity index (χ3n) is 4.95. The Morgan fingerprint density at radius 2 is 1.81 bits per heavy atom. The van der Waals surface area contributed by atoms with Crippen LogP contribution in [-0.4, -0.2) is 31.1 Å². The van der Waals surface area contributed by atoms with Gasteiger partial charge in [-0.1, -0.05) is 44.2 Å². The zero-order valence-electron chi connectivity index (χ0n) is 13.9. The molecule has 1 aromatic carbocycles. The normalized spacial score (nSPS) is 18.0. The van der Waals surface area contributed by atoms with E-state index >= 15 is 0 Å². The van der Waals surface area contributed by atoms with E-state index in [0.717, 1.165) is 12.5 Å². The van der Waals surface area contributed by atoms with Gasteiger partial charge in [0.1, 0.15) is 0 Å². The van der Waals surface area contributed by atoms with Crippen LogP contribution < -0.4 is 5.73 Å². The molecule has 0 amide bonds. The van der Waals surface area contributed by atoms with E-state index in [-0.39, 0.29) is 0 Å². The van der Waals surface area contributed by atoms with Gasteiger partial charge in [-0.15, -0.1) is 0 Å². The van der Waals surface area contributed by atoms with Crippen LogP contribution in [-0.2, 0) is 6.42 Å². The fourth-order valence-corrected chi connectivity index (χ4v) is 3.24. The molecule has 2 rings (SSSR count). The van der Waals surface area contributed by atoms with Gasteiger partial charge in [0.15, 0.2) is 0 Å². The highest BCUT2D eigenvalue weighted by Crippen LogP contribution is 2.24. The minimum Gasteiger partial charge on any atom is -0.330 e. The van der Waals surface area contributed by atoms with E-state index in [4.69, 9.17) is 5.73 Å². The van der Waals surface area contributed by atoms with Crippen LogP contribution in [0.2, 0.25) is 0 Å². The molecule has 0 atom stereocenters. The molecule has 2 nitrogen and oxygen atoms in total. The van der Waals surface area contributed by atoms with Crippen molar-refractivity contribution in [3.8, 4) is 0 Å². The molecule has 21 heavy (non-hydrogen) atoms. The molecule has 1 aliphatic rings. The van der Waals surface area contributed by atoms with Crippen molar-refractivity contribution in [2.45, 2.75) is 46.0 Å². The lowest BCUT2D eigenvalue weighted by Crippen LogP contribution is -2.35. The van der Waals surface area contributed by atoms with Gasteiger partial charge in [-0.3, -0.25) is 0 Å². The Hall–Kier alpha value is -0.860. The highest BCUT2D eigenvalue weighted by molar-refractivity contribution is 5.15. The summed E-state index contributed by atoms with van der Waals surface area (Å²) in [5, 5.41) is 0. The van der Waals surface area contributed by atoms with Crippen LogP contribution in [0, 0.1) is 11.3 Å². The molecular weight excluding hydrogens is 256 g/mol. The smallest absolute Gasteiger partial charge is 0.00160 e. The van der Waals surface area contributed by atoms with Crippen molar-refractivity contribution in [2.24, 2.45) is 17.1 Å². The van der Waals surface area contributed by atoms with Crippen molar-refractivity contribution in [3.63, 3.8) is 0 Å². The zero-order chi connectivity index (χ0) is 15.1. The van der Waals surface area contributed by atoms with Gasteiger partial charge < -0.3 is 10.6 Å². The molecule has 0 bridgehead atoms.